The lowest BCUT2D eigenvalue weighted by Gasteiger charge is -2.19. The van der Waals surface area contributed by atoms with E-state index in [1.807, 2.05) is 12.1 Å². The largest absolute Gasteiger partial charge is 0.478 e. The van der Waals surface area contributed by atoms with Crippen LogP contribution in [0, 0.1) is 0 Å². The van der Waals surface area contributed by atoms with Crippen LogP contribution in [-0.4, -0.2) is 45.0 Å². The molecular weight excluding hydrogens is 418 g/mol. The summed E-state index contributed by atoms with van der Waals surface area (Å²) in [6.07, 6.45) is 0.366. The molecule has 0 bridgehead atoms. The van der Waals surface area contributed by atoms with Crippen molar-refractivity contribution < 1.29 is 29.4 Å². The van der Waals surface area contributed by atoms with Gasteiger partial charge in [0.05, 0.1) is 11.1 Å². The third-order valence-electron chi connectivity index (χ3n) is 3.99. The standard InChI is InChI=1S/C20H18ClNO6S/c1-11(23)29-10-14(8-12-4-2-3-5-17(12)21)22-18(24)13-6-7-15(19(25)26)16(9-13)20(27)28/h2-7,9,14H,8,10H2,1H3,(H,22,24)(H,25,26)(H,27,28)/t14-/m1/s1. The van der Waals surface area contributed by atoms with Crippen LogP contribution >= 0.6 is 23.4 Å². The minimum absolute atomic E-state index is 0.00406. The van der Waals surface area contributed by atoms with Crippen LogP contribution in [0.4, 0.5) is 0 Å². The molecule has 0 aliphatic rings. The molecule has 2 aromatic rings. The van der Waals surface area contributed by atoms with Gasteiger partial charge in [0.25, 0.3) is 5.91 Å². The zero-order chi connectivity index (χ0) is 21.6. The van der Waals surface area contributed by atoms with E-state index in [0.29, 0.717) is 17.2 Å². The fourth-order valence-electron chi connectivity index (χ4n) is 2.62. The van der Waals surface area contributed by atoms with E-state index in [-0.39, 0.29) is 10.7 Å². The summed E-state index contributed by atoms with van der Waals surface area (Å²) in [7, 11) is 0. The third kappa shape index (κ3) is 6.33. The quantitative estimate of drug-likeness (QED) is 0.581. The van der Waals surface area contributed by atoms with Crippen LogP contribution in [0.1, 0.15) is 43.6 Å². The molecule has 0 aromatic heterocycles. The Hall–Kier alpha value is -2.84. The summed E-state index contributed by atoms with van der Waals surface area (Å²) in [5.74, 6) is -3.13. The summed E-state index contributed by atoms with van der Waals surface area (Å²) in [4.78, 5) is 46.5. The predicted octanol–water partition coefficient (Wildman–Crippen LogP) is 3.36. The number of rotatable bonds is 8. The van der Waals surface area contributed by atoms with Gasteiger partial charge >= 0.3 is 11.9 Å². The number of thioether (sulfide) groups is 1. The number of halogens is 1. The van der Waals surface area contributed by atoms with Crippen molar-refractivity contribution in [1.29, 1.82) is 0 Å². The Kier molecular flexibility index (Phi) is 7.81. The first-order chi connectivity index (χ1) is 13.7. The highest BCUT2D eigenvalue weighted by atomic mass is 35.5. The van der Waals surface area contributed by atoms with Gasteiger partial charge in [0.1, 0.15) is 0 Å². The SMILES string of the molecule is CC(=O)SC[C@@H](Cc1ccccc1Cl)NC(=O)c1ccc(C(=O)O)c(C(=O)O)c1. The average molecular weight is 436 g/mol. The summed E-state index contributed by atoms with van der Waals surface area (Å²) in [6.45, 7) is 1.42. The van der Waals surface area contributed by atoms with Gasteiger partial charge in [-0.3, -0.25) is 9.59 Å². The molecule has 0 unspecified atom stereocenters. The van der Waals surface area contributed by atoms with Gasteiger partial charge in [0.2, 0.25) is 0 Å². The maximum absolute atomic E-state index is 12.7. The number of carbonyl (C=O) groups excluding carboxylic acids is 2. The van der Waals surface area contributed by atoms with E-state index in [1.54, 1.807) is 12.1 Å². The molecule has 2 rings (SSSR count). The Morgan fingerprint density at radius 1 is 1.03 bits per heavy atom. The molecule has 0 aliphatic heterocycles. The van der Waals surface area contributed by atoms with E-state index < -0.39 is 35.0 Å². The lowest BCUT2D eigenvalue weighted by molar-refractivity contribution is -0.109. The lowest BCUT2D eigenvalue weighted by Crippen LogP contribution is -2.38. The molecule has 7 nitrogen and oxygen atoms in total. The fourth-order valence-corrected chi connectivity index (χ4v) is 3.47. The molecule has 2 aromatic carbocycles. The van der Waals surface area contributed by atoms with E-state index in [0.717, 1.165) is 29.5 Å². The number of hydrogen-bond donors (Lipinski definition) is 3. The molecular formula is C20H18ClNO6S. The summed E-state index contributed by atoms with van der Waals surface area (Å²) in [6, 6.07) is 10.0. The smallest absolute Gasteiger partial charge is 0.336 e. The van der Waals surface area contributed by atoms with Crippen molar-refractivity contribution in [3.63, 3.8) is 0 Å². The van der Waals surface area contributed by atoms with Gasteiger partial charge in [-0.05, 0) is 36.2 Å². The van der Waals surface area contributed by atoms with Gasteiger partial charge in [0.15, 0.2) is 5.12 Å². The maximum atomic E-state index is 12.7. The Bertz CT molecular complexity index is 962. The second-order valence-corrected chi connectivity index (χ2v) is 7.74. The van der Waals surface area contributed by atoms with Crippen LogP contribution in [0.3, 0.4) is 0 Å². The monoisotopic (exact) mass is 435 g/mol. The van der Waals surface area contributed by atoms with Crippen LogP contribution < -0.4 is 5.32 Å². The molecule has 0 saturated heterocycles. The number of carboxylic acid groups (broad SMARTS) is 2. The van der Waals surface area contributed by atoms with Gasteiger partial charge in [-0.1, -0.05) is 41.6 Å². The first-order valence-electron chi connectivity index (χ1n) is 8.47. The lowest BCUT2D eigenvalue weighted by atomic mass is 10.0. The van der Waals surface area contributed by atoms with E-state index in [9.17, 15) is 24.3 Å². The minimum atomic E-state index is -1.45. The number of benzene rings is 2. The van der Waals surface area contributed by atoms with Crippen molar-refractivity contribution in [1.82, 2.24) is 5.32 Å². The molecule has 0 heterocycles. The summed E-state index contributed by atoms with van der Waals surface area (Å²) >= 11 is 7.23. The highest BCUT2D eigenvalue weighted by Crippen LogP contribution is 2.19. The van der Waals surface area contributed by atoms with E-state index in [2.05, 4.69) is 5.32 Å². The Balaban J connectivity index is 2.25. The summed E-state index contributed by atoms with van der Waals surface area (Å²) in [5.41, 5.74) is -0.0971. The normalized spacial score (nSPS) is 11.5. The van der Waals surface area contributed by atoms with Crippen molar-refractivity contribution in [3.05, 3.63) is 69.7 Å². The molecule has 152 valence electrons. The first-order valence-corrected chi connectivity index (χ1v) is 9.83. The van der Waals surface area contributed by atoms with Crippen LogP contribution in [0.5, 0.6) is 0 Å². The highest BCUT2D eigenvalue weighted by molar-refractivity contribution is 8.13. The second kappa shape index (κ2) is 10.1. The molecule has 0 spiro atoms. The van der Waals surface area contributed by atoms with E-state index in [1.165, 1.54) is 13.0 Å². The molecule has 1 amide bonds. The van der Waals surface area contributed by atoms with Gasteiger partial charge in [-0.15, -0.1) is 0 Å². The van der Waals surface area contributed by atoms with Crippen molar-refractivity contribution in [2.24, 2.45) is 0 Å². The number of nitrogens with one attached hydrogen (secondary N) is 1. The topological polar surface area (TPSA) is 121 Å². The molecule has 3 N–H and O–H groups in total. The van der Waals surface area contributed by atoms with Gasteiger partial charge < -0.3 is 15.5 Å². The van der Waals surface area contributed by atoms with Crippen molar-refractivity contribution in [3.8, 4) is 0 Å². The maximum Gasteiger partial charge on any atom is 0.336 e. The fraction of sp³-hybridized carbons (Fsp3) is 0.200. The van der Waals surface area contributed by atoms with Crippen molar-refractivity contribution >= 4 is 46.3 Å². The third-order valence-corrected chi connectivity index (χ3v) is 5.33. The molecule has 0 radical (unpaired) electrons. The molecule has 1 atom stereocenters. The number of amides is 1. The van der Waals surface area contributed by atoms with Gasteiger partial charge in [-0.25, -0.2) is 9.59 Å². The van der Waals surface area contributed by atoms with E-state index >= 15 is 0 Å². The van der Waals surface area contributed by atoms with Crippen LogP contribution in [0.25, 0.3) is 0 Å². The number of aromatic carboxylic acids is 2. The molecule has 29 heavy (non-hydrogen) atoms. The first kappa shape index (κ1) is 22.4. The summed E-state index contributed by atoms with van der Waals surface area (Å²) in [5, 5.41) is 21.5. The Morgan fingerprint density at radius 3 is 2.28 bits per heavy atom. The number of hydrogen-bond acceptors (Lipinski definition) is 5. The van der Waals surface area contributed by atoms with E-state index in [4.69, 9.17) is 16.7 Å². The highest BCUT2D eigenvalue weighted by Gasteiger charge is 2.21. The molecule has 9 heteroatoms. The van der Waals surface area contributed by atoms with Crippen molar-refractivity contribution in [2.45, 2.75) is 19.4 Å². The van der Waals surface area contributed by atoms with Crippen LogP contribution in [0.15, 0.2) is 42.5 Å². The zero-order valence-corrected chi connectivity index (χ0v) is 16.9. The van der Waals surface area contributed by atoms with Crippen LogP contribution in [0.2, 0.25) is 5.02 Å². The number of carboxylic acids is 2. The summed E-state index contributed by atoms with van der Waals surface area (Å²) < 4.78 is 0. The average Bonchev–Trinajstić information content (AvgIpc) is 2.67. The Morgan fingerprint density at radius 2 is 1.69 bits per heavy atom. The number of carbonyl (C=O) groups is 4. The van der Waals surface area contributed by atoms with Crippen molar-refractivity contribution in [2.75, 3.05) is 5.75 Å². The Labute approximate surface area is 176 Å². The van der Waals surface area contributed by atoms with Gasteiger partial charge in [0, 0.05) is 29.3 Å². The molecule has 0 fully saturated rings. The minimum Gasteiger partial charge on any atom is -0.478 e. The predicted molar refractivity (Wildman–Crippen MR) is 110 cm³/mol. The molecule has 0 aliphatic carbocycles. The van der Waals surface area contributed by atoms with Gasteiger partial charge in [-0.2, -0.15) is 0 Å². The second-order valence-electron chi connectivity index (χ2n) is 6.14. The van der Waals surface area contributed by atoms with Crippen LogP contribution in [-0.2, 0) is 11.2 Å². The zero-order valence-electron chi connectivity index (χ0n) is 15.3. The molecule has 0 saturated carbocycles.